The van der Waals surface area contributed by atoms with Gasteiger partial charge in [0.05, 0.1) is 12.5 Å². The molecule has 0 spiro atoms. The van der Waals surface area contributed by atoms with Crippen LogP contribution in [0.25, 0.3) is 0 Å². The molecule has 0 bridgehead atoms. The molecule has 1 N–H and O–H groups in total. The van der Waals surface area contributed by atoms with E-state index < -0.39 is 0 Å². The van der Waals surface area contributed by atoms with E-state index in [4.69, 9.17) is 0 Å². The largest absolute Gasteiger partial charge is 0.349 e. The van der Waals surface area contributed by atoms with Crippen LogP contribution >= 0.6 is 15.9 Å². The molecule has 21 heavy (non-hydrogen) atoms. The Kier molecular flexibility index (Phi) is 5.18. The van der Waals surface area contributed by atoms with Gasteiger partial charge in [-0.1, -0.05) is 51.8 Å². The lowest BCUT2D eigenvalue weighted by Gasteiger charge is -2.17. The second-order valence-electron chi connectivity index (χ2n) is 5.45. The maximum absolute atomic E-state index is 12.2. The number of halogens is 1. The molecule has 1 amide bonds. The van der Waals surface area contributed by atoms with E-state index >= 15 is 0 Å². The van der Waals surface area contributed by atoms with Gasteiger partial charge in [-0.3, -0.25) is 4.79 Å². The van der Waals surface area contributed by atoms with Gasteiger partial charge in [0, 0.05) is 4.47 Å². The highest BCUT2D eigenvalue weighted by Crippen LogP contribution is 2.19. The molecule has 1 atom stereocenters. The molecule has 0 aromatic heterocycles. The normalized spacial score (nSPS) is 12.0. The molecule has 0 aliphatic carbocycles. The first-order valence-electron chi connectivity index (χ1n) is 7.06. The summed E-state index contributed by atoms with van der Waals surface area (Å²) < 4.78 is 1.02. The lowest BCUT2D eigenvalue weighted by atomic mass is 10.00. The van der Waals surface area contributed by atoms with Crippen LogP contribution in [0.1, 0.15) is 35.2 Å². The van der Waals surface area contributed by atoms with E-state index in [9.17, 15) is 4.79 Å². The Morgan fingerprint density at radius 1 is 1.14 bits per heavy atom. The molecule has 0 aliphatic heterocycles. The molecule has 110 valence electrons. The fraction of sp³-hybridized carbons (Fsp3) is 0.278. The van der Waals surface area contributed by atoms with Crippen LogP contribution in [0, 0.1) is 13.8 Å². The molecule has 3 heteroatoms. The number of rotatable bonds is 4. The summed E-state index contributed by atoms with van der Waals surface area (Å²) >= 11 is 3.40. The molecule has 0 unspecified atom stereocenters. The zero-order valence-electron chi connectivity index (χ0n) is 12.6. The average Bonchev–Trinajstić information content (AvgIpc) is 2.44. The van der Waals surface area contributed by atoms with Crippen molar-refractivity contribution in [3.8, 4) is 0 Å². The molecule has 2 rings (SSSR count). The molecular weight excluding hydrogens is 326 g/mol. The molecule has 0 fully saturated rings. The maximum Gasteiger partial charge on any atom is 0.224 e. The summed E-state index contributed by atoms with van der Waals surface area (Å²) in [6, 6.07) is 14.2. The fourth-order valence-corrected chi connectivity index (χ4v) is 2.65. The zero-order chi connectivity index (χ0) is 15.4. The van der Waals surface area contributed by atoms with Crippen molar-refractivity contribution in [2.45, 2.75) is 33.2 Å². The van der Waals surface area contributed by atoms with Gasteiger partial charge in [-0.25, -0.2) is 0 Å². The van der Waals surface area contributed by atoms with Crippen molar-refractivity contribution in [1.29, 1.82) is 0 Å². The molecule has 2 nitrogen and oxygen atoms in total. The van der Waals surface area contributed by atoms with Gasteiger partial charge < -0.3 is 5.32 Å². The quantitative estimate of drug-likeness (QED) is 0.869. The summed E-state index contributed by atoms with van der Waals surface area (Å²) in [5.74, 6) is 0.0470. The van der Waals surface area contributed by atoms with Crippen LogP contribution in [0.15, 0.2) is 46.9 Å². The van der Waals surface area contributed by atoms with Crippen molar-refractivity contribution in [2.75, 3.05) is 0 Å². The van der Waals surface area contributed by atoms with E-state index in [-0.39, 0.29) is 11.9 Å². The second-order valence-corrected chi connectivity index (χ2v) is 6.37. The first kappa shape index (κ1) is 15.8. The summed E-state index contributed by atoms with van der Waals surface area (Å²) in [7, 11) is 0. The number of nitrogens with one attached hydrogen (secondary N) is 1. The minimum atomic E-state index is 0.0212. The maximum atomic E-state index is 12.2. The zero-order valence-corrected chi connectivity index (χ0v) is 14.2. The van der Waals surface area contributed by atoms with Crippen LogP contribution < -0.4 is 5.32 Å². The Morgan fingerprint density at radius 2 is 1.81 bits per heavy atom. The first-order chi connectivity index (χ1) is 9.95. The number of amides is 1. The Balaban J connectivity index is 2.01. The number of carbonyl (C=O) groups is 1. The van der Waals surface area contributed by atoms with Crippen molar-refractivity contribution >= 4 is 21.8 Å². The molecular formula is C18H20BrNO. The van der Waals surface area contributed by atoms with E-state index in [0.717, 1.165) is 10.0 Å². The molecule has 0 saturated carbocycles. The predicted octanol–water partition coefficient (Wildman–Crippen LogP) is 4.49. The van der Waals surface area contributed by atoms with Crippen LogP contribution in [0.2, 0.25) is 0 Å². The summed E-state index contributed by atoms with van der Waals surface area (Å²) in [6.07, 6.45) is 0.405. The van der Waals surface area contributed by atoms with Gasteiger partial charge in [0.2, 0.25) is 5.91 Å². The Bertz CT molecular complexity index is 634. The SMILES string of the molecule is Cc1ccc(C)c([C@H](C)NC(=O)Cc2ccc(Br)cc2)c1. The van der Waals surface area contributed by atoms with Crippen molar-refractivity contribution in [3.05, 3.63) is 69.2 Å². The molecule has 2 aromatic rings. The molecule has 2 aromatic carbocycles. The third-order valence-corrected chi connectivity index (χ3v) is 4.09. The summed E-state index contributed by atoms with van der Waals surface area (Å²) in [6.45, 7) is 6.17. The van der Waals surface area contributed by atoms with Crippen LogP contribution in [0.3, 0.4) is 0 Å². The summed E-state index contributed by atoms with van der Waals surface area (Å²) in [5, 5.41) is 3.08. The van der Waals surface area contributed by atoms with Gasteiger partial charge in [-0.05, 0) is 49.6 Å². The lowest BCUT2D eigenvalue weighted by Crippen LogP contribution is -2.28. The van der Waals surface area contributed by atoms with Crippen LogP contribution in [0.4, 0.5) is 0 Å². The minimum Gasteiger partial charge on any atom is -0.349 e. The van der Waals surface area contributed by atoms with Crippen molar-refractivity contribution < 1.29 is 4.79 Å². The molecule has 0 heterocycles. The molecule has 0 aliphatic rings. The van der Waals surface area contributed by atoms with E-state index in [2.05, 4.69) is 53.3 Å². The number of carbonyl (C=O) groups excluding carboxylic acids is 1. The second kappa shape index (κ2) is 6.90. The standard InChI is InChI=1S/C18H20BrNO/c1-12-4-5-13(2)17(10-12)14(3)20-18(21)11-15-6-8-16(19)9-7-15/h4-10,14H,11H2,1-3H3,(H,20,21)/t14-/m0/s1. The number of aryl methyl sites for hydroxylation is 2. The van der Waals surface area contributed by atoms with E-state index in [1.165, 1.54) is 16.7 Å². The molecule has 0 saturated heterocycles. The third-order valence-electron chi connectivity index (χ3n) is 3.56. The highest BCUT2D eigenvalue weighted by molar-refractivity contribution is 9.10. The summed E-state index contributed by atoms with van der Waals surface area (Å²) in [4.78, 5) is 12.2. The first-order valence-corrected chi connectivity index (χ1v) is 7.86. The fourth-order valence-electron chi connectivity index (χ4n) is 2.38. The van der Waals surface area contributed by atoms with Crippen LogP contribution in [-0.4, -0.2) is 5.91 Å². The topological polar surface area (TPSA) is 29.1 Å². The smallest absolute Gasteiger partial charge is 0.224 e. The van der Waals surface area contributed by atoms with E-state index in [0.29, 0.717) is 6.42 Å². The van der Waals surface area contributed by atoms with Crippen molar-refractivity contribution in [3.63, 3.8) is 0 Å². The van der Waals surface area contributed by atoms with Gasteiger partial charge in [0.15, 0.2) is 0 Å². The van der Waals surface area contributed by atoms with Crippen molar-refractivity contribution in [1.82, 2.24) is 5.32 Å². The number of benzene rings is 2. The Labute approximate surface area is 134 Å². The third kappa shape index (κ3) is 4.43. The number of hydrogen-bond donors (Lipinski definition) is 1. The highest BCUT2D eigenvalue weighted by Gasteiger charge is 2.12. The van der Waals surface area contributed by atoms with Gasteiger partial charge >= 0.3 is 0 Å². The van der Waals surface area contributed by atoms with Gasteiger partial charge in [-0.15, -0.1) is 0 Å². The van der Waals surface area contributed by atoms with Gasteiger partial charge in [0.25, 0.3) is 0 Å². The predicted molar refractivity (Wildman–Crippen MR) is 90.3 cm³/mol. The van der Waals surface area contributed by atoms with Gasteiger partial charge in [0.1, 0.15) is 0 Å². The van der Waals surface area contributed by atoms with E-state index in [1.54, 1.807) is 0 Å². The average molecular weight is 346 g/mol. The summed E-state index contributed by atoms with van der Waals surface area (Å²) in [5.41, 5.74) is 4.62. The Morgan fingerprint density at radius 3 is 2.48 bits per heavy atom. The molecule has 0 radical (unpaired) electrons. The minimum absolute atomic E-state index is 0.0212. The lowest BCUT2D eigenvalue weighted by molar-refractivity contribution is -0.121. The van der Waals surface area contributed by atoms with E-state index in [1.807, 2.05) is 31.2 Å². The van der Waals surface area contributed by atoms with Crippen LogP contribution in [-0.2, 0) is 11.2 Å². The highest BCUT2D eigenvalue weighted by atomic mass is 79.9. The van der Waals surface area contributed by atoms with Gasteiger partial charge in [-0.2, -0.15) is 0 Å². The monoisotopic (exact) mass is 345 g/mol. The van der Waals surface area contributed by atoms with Crippen molar-refractivity contribution in [2.24, 2.45) is 0 Å². The number of hydrogen-bond acceptors (Lipinski definition) is 1. The Hall–Kier alpha value is -1.61. The van der Waals surface area contributed by atoms with Crippen LogP contribution in [0.5, 0.6) is 0 Å².